The second-order valence-corrected chi connectivity index (χ2v) is 6.36. The van der Waals surface area contributed by atoms with Crippen molar-refractivity contribution < 1.29 is 14.3 Å². The predicted octanol–water partition coefficient (Wildman–Crippen LogP) is 1.08. The zero-order valence-electron chi connectivity index (χ0n) is 14.0. The summed E-state index contributed by atoms with van der Waals surface area (Å²) in [5.74, 6) is 0. The number of ether oxygens (including phenoxy) is 2. The number of amides is 2. The van der Waals surface area contributed by atoms with Crippen LogP contribution in [0.15, 0.2) is 11.6 Å². The lowest BCUT2D eigenvalue weighted by Gasteiger charge is -2.36. The lowest BCUT2D eigenvalue weighted by molar-refractivity contribution is -0.0590. The minimum atomic E-state index is -0.0687. The molecule has 2 rings (SSSR count). The van der Waals surface area contributed by atoms with E-state index in [0.29, 0.717) is 19.8 Å². The highest BCUT2D eigenvalue weighted by Gasteiger charge is 2.29. The predicted molar refractivity (Wildman–Crippen MR) is 86.0 cm³/mol. The van der Waals surface area contributed by atoms with Crippen LogP contribution in [0.3, 0.4) is 0 Å². The number of nitrogens with one attached hydrogen (secondary N) is 1. The van der Waals surface area contributed by atoms with E-state index >= 15 is 0 Å². The van der Waals surface area contributed by atoms with Crippen LogP contribution in [0.5, 0.6) is 0 Å². The molecule has 0 saturated carbocycles. The van der Waals surface area contributed by atoms with Crippen molar-refractivity contribution in [3.8, 4) is 0 Å². The smallest absolute Gasteiger partial charge is 0.317 e. The molecule has 2 aliphatic heterocycles. The van der Waals surface area contributed by atoms with Gasteiger partial charge in [-0.05, 0) is 27.3 Å². The molecular weight excluding hydrogens is 282 g/mol. The van der Waals surface area contributed by atoms with Crippen molar-refractivity contribution in [3.05, 3.63) is 11.6 Å². The number of carbonyl (C=O) groups excluding carboxylic acids is 1. The highest BCUT2D eigenvalue weighted by atomic mass is 16.5. The van der Waals surface area contributed by atoms with E-state index in [1.54, 1.807) is 0 Å². The first-order chi connectivity index (χ1) is 10.6. The maximum atomic E-state index is 12.4. The van der Waals surface area contributed by atoms with Gasteiger partial charge in [0.15, 0.2) is 0 Å². The molecule has 6 heteroatoms. The van der Waals surface area contributed by atoms with Crippen LogP contribution in [0.25, 0.3) is 0 Å². The summed E-state index contributed by atoms with van der Waals surface area (Å²) >= 11 is 0. The first-order valence-electron chi connectivity index (χ1n) is 8.13. The van der Waals surface area contributed by atoms with E-state index in [4.69, 9.17) is 9.47 Å². The van der Waals surface area contributed by atoms with Gasteiger partial charge >= 0.3 is 6.03 Å². The maximum Gasteiger partial charge on any atom is 0.317 e. The summed E-state index contributed by atoms with van der Waals surface area (Å²) < 4.78 is 11.4. The lowest BCUT2D eigenvalue weighted by atomic mass is 10.1. The molecule has 1 N–H and O–H groups in total. The number of rotatable bonds is 4. The molecule has 0 radical (unpaired) electrons. The summed E-state index contributed by atoms with van der Waals surface area (Å²) in [7, 11) is 2.08. The van der Waals surface area contributed by atoms with Crippen molar-refractivity contribution in [2.45, 2.75) is 32.4 Å². The molecule has 2 fully saturated rings. The number of piperazine rings is 1. The monoisotopic (exact) mass is 311 g/mol. The molecule has 126 valence electrons. The van der Waals surface area contributed by atoms with Crippen molar-refractivity contribution in [2.24, 2.45) is 0 Å². The summed E-state index contributed by atoms with van der Waals surface area (Å²) in [6.07, 6.45) is 2.79. The zero-order valence-corrected chi connectivity index (χ0v) is 14.0. The number of hydrogen-bond acceptors (Lipinski definition) is 4. The van der Waals surface area contributed by atoms with Gasteiger partial charge in [0.05, 0.1) is 19.3 Å². The summed E-state index contributed by atoms with van der Waals surface area (Å²) in [6, 6.07) is 0.0577. The van der Waals surface area contributed by atoms with Crippen molar-refractivity contribution in [2.75, 3.05) is 53.0 Å². The van der Waals surface area contributed by atoms with E-state index in [-0.39, 0.29) is 18.2 Å². The van der Waals surface area contributed by atoms with Gasteiger partial charge in [0.1, 0.15) is 6.10 Å². The molecule has 2 atom stereocenters. The lowest BCUT2D eigenvalue weighted by Crippen LogP contribution is -2.56. The van der Waals surface area contributed by atoms with Gasteiger partial charge in [0.2, 0.25) is 0 Å². The van der Waals surface area contributed by atoms with Gasteiger partial charge in [-0.3, -0.25) is 0 Å². The van der Waals surface area contributed by atoms with Crippen LogP contribution in [0.4, 0.5) is 4.79 Å². The first kappa shape index (κ1) is 17.2. The standard InChI is InChI=1S/C16H29N3O3/c1-13(2)4-11-22-15-12-21-10-5-14(15)17-16(20)19-8-6-18(3)7-9-19/h4,14-15H,5-12H2,1-3H3,(H,17,20)/t14-,15-/m1/s1. The highest BCUT2D eigenvalue weighted by molar-refractivity contribution is 5.74. The summed E-state index contributed by atoms with van der Waals surface area (Å²) in [5, 5.41) is 3.13. The van der Waals surface area contributed by atoms with Crippen LogP contribution < -0.4 is 5.32 Å². The molecule has 6 nitrogen and oxygen atoms in total. The van der Waals surface area contributed by atoms with Gasteiger partial charge in [0.25, 0.3) is 0 Å². The third-order valence-electron chi connectivity index (χ3n) is 4.21. The Balaban J connectivity index is 1.82. The molecule has 0 unspecified atom stereocenters. The fourth-order valence-electron chi connectivity index (χ4n) is 2.64. The molecule has 22 heavy (non-hydrogen) atoms. The maximum absolute atomic E-state index is 12.4. The number of nitrogens with zero attached hydrogens (tertiary/aromatic N) is 2. The van der Waals surface area contributed by atoms with Gasteiger partial charge in [-0.25, -0.2) is 4.79 Å². The zero-order chi connectivity index (χ0) is 15.9. The van der Waals surface area contributed by atoms with E-state index in [2.05, 4.69) is 17.3 Å². The molecule has 0 bridgehead atoms. The number of urea groups is 1. The molecular formula is C16H29N3O3. The van der Waals surface area contributed by atoms with Gasteiger partial charge in [-0.15, -0.1) is 0 Å². The van der Waals surface area contributed by atoms with Crippen LogP contribution in [0.1, 0.15) is 20.3 Å². The molecule has 0 aromatic heterocycles. The van der Waals surface area contributed by atoms with Gasteiger partial charge < -0.3 is 24.6 Å². The largest absolute Gasteiger partial charge is 0.379 e. The van der Waals surface area contributed by atoms with E-state index in [1.165, 1.54) is 5.57 Å². The average Bonchev–Trinajstić information content (AvgIpc) is 2.49. The number of hydrogen-bond donors (Lipinski definition) is 1. The molecule has 2 aliphatic rings. The SMILES string of the molecule is CC(C)=CCO[C@@H]1COCC[C@H]1NC(=O)N1CCN(C)CC1. The third-order valence-corrected chi connectivity index (χ3v) is 4.21. The third kappa shape index (κ3) is 5.26. The Labute approximate surface area is 133 Å². The first-order valence-corrected chi connectivity index (χ1v) is 8.13. The van der Waals surface area contributed by atoms with Crippen LogP contribution in [0, 0.1) is 0 Å². The van der Waals surface area contributed by atoms with Crippen molar-refractivity contribution >= 4 is 6.03 Å². The molecule has 0 aromatic rings. The Morgan fingerprint density at radius 1 is 1.32 bits per heavy atom. The minimum absolute atomic E-state index is 0.0239. The number of allylic oxidation sites excluding steroid dienone is 1. The second-order valence-electron chi connectivity index (χ2n) is 6.36. The average molecular weight is 311 g/mol. The quantitative estimate of drug-likeness (QED) is 0.790. The van der Waals surface area contributed by atoms with Crippen LogP contribution in [0.2, 0.25) is 0 Å². The molecule has 2 saturated heterocycles. The number of likely N-dealkylation sites (N-methyl/N-ethyl adjacent to an activating group) is 1. The number of carbonyl (C=O) groups is 1. The Morgan fingerprint density at radius 3 is 2.73 bits per heavy atom. The highest BCUT2D eigenvalue weighted by Crippen LogP contribution is 2.13. The molecule has 0 aromatic carbocycles. The van der Waals surface area contributed by atoms with E-state index in [1.807, 2.05) is 24.8 Å². The van der Waals surface area contributed by atoms with E-state index in [9.17, 15) is 4.79 Å². The van der Waals surface area contributed by atoms with Crippen LogP contribution >= 0.6 is 0 Å². The molecule has 0 aliphatic carbocycles. The fraction of sp³-hybridized carbons (Fsp3) is 0.812. The van der Waals surface area contributed by atoms with E-state index < -0.39 is 0 Å². The van der Waals surface area contributed by atoms with Gasteiger partial charge in [0, 0.05) is 32.8 Å². The van der Waals surface area contributed by atoms with Crippen molar-refractivity contribution in [3.63, 3.8) is 0 Å². The molecule has 0 spiro atoms. The van der Waals surface area contributed by atoms with Crippen molar-refractivity contribution in [1.29, 1.82) is 0 Å². The van der Waals surface area contributed by atoms with Crippen LogP contribution in [-0.2, 0) is 9.47 Å². The topological polar surface area (TPSA) is 54.0 Å². The summed E-state index contributed by atoms with van der Waals surface area (Å²) in [5.41, 5.74) is 1.23. The minimum Gasteiger partial charge on any atom is -0.379 e. The van der Waals surface area contributed by atoms with Crippen LogP contribution in [-0.4, -0.2) is 81.0 Å². The fourth-order valence-corrected chi connectivity index (χ4v) is 2.64. The molecule has 2 heterocycles. The van der Waals surface area contributed by atoms with Gasteiger partial charge in [-0.2, -0.15) is 0 Å². The Kier molecular flexibility index (Phi) is 6.67. The van der Waals surface area contributed by atoms with Gasteiger partial charge in [-0.1, -0.05) is 11.6 Å². The summed E-state index contributed by atoms with van der Waals surface area (Å²) in [4.78, 5) is 16.5. The Hall–Kier alpha value is -1.11. The van der Waals surface area contributed by atoms with E-state index in [0.717, 1.165) is 32.6 Å². The van der Waals surface area contributed by atoms with Crippen molar-refractivity contribution in [1.82, 2.24) is 15.1 Å². The molecule has 2 amide bonds. The Bertz CT molecular complexity index is 388. The Morgan fingerprint density at radius 2 is 2.05 bits per heavy atom. The normalized spacial score (nSPS) is 26.6. The summed E-state index contributed by atoms with van der Waals surface area (Å²) in [6.45, 7) is 9.32. The second kappa shape index (κ2) is 8.50.